The molecule has 0 saturated carbocycles. The number of hydrogen-bond donors (Lipinski definition) is 2. The van der Waals surface area contributed by atoms with Gasteiger partial charge in [0.2, 0.25) is 0 Å². The minimum atomic E-state index is -0.877. The average Bonchev–Trinajstić information content (AvgIpc) is 2.67. The van der Waals surface area contributed by atoms with Crippen molar-refractivity contribution in [3.8, 4) is 5.75 Å². The van der Waals surface area contributed by atoms with Crippen LogP contribution in [0.5, 0.6) is 5.75 Å². The number of nitrogens with zero attached hydrogens (tertiary/aromatic N) is 2. The van der Waals surface area contributed by atoms with Crippen molar-refractivity contribution < 1.29 is 19.4 Å². The van der Waals surface area contributed by atoms with Gasteiger partial charge in [0.15, 0.2) is 5.78 Å². The maximum absolute atomic E-state index is 12.8. The van der Waals surface area contributed by atoms with Gasteiger partial charge in [-0.3, -0.25) is 4.79 Å². The van der Waals surface area contributed by atoms with Gasteiger partial charge in [0.1, 0.15) is 17.4 Å². The van der Waals surface area contributed by atoms with Crippen LogP contribution in [0.3, 0.4) is 0 Å². The third kappa shape index (κ3) is 6.56. The summed E-state index contributed by atoms with van der Waals surface area (Å²) in [5.74, 6) is -0.197. The summed E-state index contributed by atoms with van der Waals surface area (Å²) in [4.78, 5) is 25.5. The zero-order valence-corrected chi connectivity index (χ0v) is 20.2. The van der Waals surface area contributed by atoms with Crippen molar-refractivity contribution in [2.75, 3.05) is 0 Å². The number of rotatable bonds is 6. The van der Waals surface area contributed by atoms with E-state index in [4.69, 9.17) is 4.74 Å². The lowest BCUT2D eigenvalue weighted by atomic mass is 10.1. The number of carbonyl (C=O) groups is 2. The monoisotopic (exact) mass is 539 g/mol. The largest absolute Gasteiger partial charge is 0.506 e. The zero-order chi connectivity index (χ0) is 22.5. The first-order valence-electron chi connectivity index (χ1n) is 9.08. The predicted molar refractivity (Wildman–Crippen MR) is 123 cm³/mol. The van der Waals surface area contributed by atoms with Crippen LogP contribution in [0, 0.1) is 0 Å². The maximum atomic E-state index is 12.8. The molecule has 0 fully saturated rings. The topological polar surface area (TPSA) is 91.2 Å². The summed E-state index contributed by atoms with van der Waals surface area (Å²) in [6.45, 7) is 6.81. The number of aromatic hydroxyl groups is 1. The molecule has 0 aliphatic rings. The summed E-state index contributed by atoms with van der Waals surface area (Å²) in [5, 5.41) is 14.9. The number of ether oxygens (including phenoxy) is 1. The van der Waals surface area contributed by atoms with E-state index in [9.17, 15) is 14.7 Å². The van der Waals surface area contributed by atoms with Crippen LogP contribution in [0.4, 0.5) is 4.79 Å². The quantitative estimate of drug-likeness (QED) is 0.296. The Bertz CT molecular complexity index is 920. The first kappa shape index (κ1) is 23.9. The van der Waals surface area contributed by atoms with Gasteiger partial charge in [-0.05, 0) is 77.3 Å². The first-order valence-corrected chi connectivity index (χ1v) is 10.7. The van der Waals surface area contributed by atoms with E-state index in [0.29, 0.717) is 20.1 Å². The molecule has 2 aromatic carbocycles. The fourth-order valence-electron chi connectivity index (χ4n) is 2.38. The number of amides is 1. The van der Waals surface area contributed by atoms with E-state index in [-0.39, 0.29) is 11.5 Å². The number of nitrogens with one attached hydrogen (secondary N) is 1. The molecule has 1 amide bonds. The summed E-state index contributed by atoms with van der Waals surface area (Å²) in [6.07, 6.45) is 0.718. The number of ketones is 1. The molecule has 0 heterocycles. The lowest BCUT2D eigenvalue weighted by Gasteiger charge is -2.29. The Balaban J connectivity index is 2.25. The van der Waals surface area contributed by atoms with Crippen molar-refractivity contribution in [1.29, 1.82) is 0 Å². The lowest BCUT2D eigenvalue weighted by Crippen LogP contribution is -2.51. The van der Waals surface area contributed by atoms with E-state index >= 15 is 0 Å². The second-order valence-electron chi connectivity index (χ2n) is 7.45. The molecule has 0 radical (unpaired) electrons. The Morgan fingerprint density at radius 2 is 1.73 bits per heavy atom. The predicted octanol–water partition coefficient (Wildman–Crippen LogP) is 5.26. The molecular weight excluding hydrogens is 518 g/mol. The second-order valence-corrected chi connectivity index (χ2v) is 9.16. The number of Topliss-reactive ketones (excluding diaryl/α,β-unsaturated/α-hetero) is 1. The highest BCUT2D eigenvalue weighted by molar-refractivity contribution is 9.11. The highest BCUT2D eigenvalue weighted by atomic mass is 79.9. The first-order chi connectivity index (χ1) is 14.0. The SMILES string of the molecule is CC(C(=O)c1ccccc1)N(NN=Cc1cc(Br)c(O)c(Br)c1)C(=O)OC(C)(C)C. The van der Waals surface area contributed by atoms with Gasteiger partial charge < -0.3 is 9.84 Å². The average molecular weight is 541 g/mol. The molecule has 2 N–H and O–H groups in total. The molecule has 0 aliphatic heterocycles. The van der Waals surface area contributed by atoms with Crippen LogP contribution in [0.25, 0.3) is 0 Å². The van der Waals surface area contributed by atoms with Crippen LogP contribution in [0.1, 0.15) is 43.6 Å². The van der Waals surface area contributed by atoms with Crippen molar-refractivity contribution >= 4 is 50.0 Å². The normalized spacial score (nSPS) is 12.5. The molecular formula is C21H23Br2N3O4. The van der Waals surface area contributed by atoms with E-state index in [1.54, 1.807) is 64.1 Å². The lowest BCUT2D eigenvalue weighted by molar-refractivity contribution is 0.00504. The number of phenolic OH excluding ortho intramolecular Hbond substituents is 1. The molecule has 0 saturated heterocycles. The molecule has 160 valence electrons. The minimum Gasteiger partial charge on any atom is -0.506 e. The number of phenols is 1. The van der Waals surface area contributed by atoms with E-state index in [1.807, 2.05) is 6.07 Å². The van der Waals surface area contributed by atoms with Crippen molar-refractivity contribution in [1.82, 2.24) is 10.5 Å². The van der Waals surface area contributed by atoms with E-state index < -0.39 is 17.7 Å². The van der Waals surface area contributed by atoms with Gasteiger partial charge in [-0.1, -0.05) is 30.3 Å². The molecule has 1 atom stereocenters. The molecule has 7 nitrogen and oxygen atoms in total. The number of hydrogen-bond acceptors (Lipinski definition) is 6. The molecule has 1 unspecified atom stereocenters. The Morgan fingerprint density at radius 1 is 1.17 bits per heavy atom. The van der Waals surface area contributed by atoms with Crippen molar-refractivity contribution in [2.45, 2.75) is 39.3 Å². The Labute approximate surface area is 192 Å². The third-order valence-corrected chi connectivity index (χ3v) is 5.04. The van der Waals surface area contributed by atoms with E-state index in [0.717, 1.165) is 5.01 Å². The van der Waals surface area contributed by atoms with Crippen molar-refractivity contribution in [3.05, 3.63) is 62.5 Å². The fraction of sp³-hybridized carbons (Fsp3) is 0.286. The summed E-state index contributed by atoms with van der Waals surface area (Å²) in [5.41, 5.74) is 2.97. The fourth-order valence-corrected chi connectivity index (χ4v) is 3.60. The number of carbonyl (C=O) groups excluding carboxylic acids is 2. The molecule has 2 rings (SSSR count). The third-order valence-electron chi connectivity index (χ3n) is 3.83. The van der Waals surface area contributed by atoms with Gasteiger partial charge >= 0.3 is 6.09 Å². The molecule has 9 heteroatoms. The van der Waals surface area contributed by atoms with Gasteiger partial charge in [0.05, 0.1) is 15.2 Å². The van der Waals surface area contributed by atoms with Gasteiger partial charge in [0, 0.05) is 5.56 Å². The molecule has 0 aromatic heterocycles. The summed E-state index contributed by atoms with van der Waals surface area (Å²) >= 11 is 6.50. The van der Waals surface area contributed by atoms with Crippen LogP contribution in [0.2, 0.25) is 0 Å². The van der Waals surface area contributed by atoms with Gasteiger partial charge in [0.25, 0.3) is 0 Å². The van der Waals surface area contributed by atoms with Gasteiger partial charge in [-0.2, -0.15) is 10.1 Å². The van der Waals surface area contributed by atoms with Crippen molar-refractivity contribution in [3.63, 3.8) is 0 Å². The number of benzene rings is 2. The Kier molecular flexibility index (Phi) is 8.03. The summed E-state index contributed by atoms with van der Waals surface area (Å²) < 4.78 is 6.38. The molecule has 0 bridgehead atoms. The smallest absolute Gasteiger partial charge is 0.431 e. The number of hydrazone groups is 1. The van der Waals surface area contributed by atoms with Crippen molar-refractivity contribution in [2.24, 2.45) is 5.10 Å². The highest BCUT2D eigenvalue weighted by Crippen LogP contribution is 2.32. The summed E-state index contributed by atoms with van der Waals surface area (Å²) in [7, 11) is 0. The van der Waals surface area contributed by atoms with E-state index in [2.05, 4.69) is 42.5 Å². The van der Waals surface area contributed by atoms with Crippen LogP contribution >= 0.6 is 31.9 Å². The molecule has 0 aliphatic carbocycles. The second kappa shape index (κ2) is 10.1. The maximum Gasteiger partial charge on any atom is 0.431 e. The minimum absolute atomic E-state index is 0.0672. The highest BCUT2D eigenvalue weighted by Gasteiger charge is 2.30. The molecule has 30 heavy (non-hydrogen) atoms. The summed E-state index contributed by atoms with van der Waals surface area (Å²) in [6, 6.07) is 11.1. The molecule has 2 aromatic rings. The van der Waals surface area contributed by atoms with Gasteiger partial charge in [-0.15, -0.1) is 0 Å². The van der Waals surface area contributed by atoms with Crippen LogP contribution < -0.4 is 5.53 Å². The number of halogens is 2. The number of hydrazine groups is 1. The standard InChI is InChI=1S/C21H23Br2N3O4/c1-13(18(27)15-8-6-5-7-9-15)26(20(29)30-21(2,3)4)25-24-12-14-10-16(22)19(28)17(23)11-14/h5-13,25,28H,1-4H3. The van der Waals surface area contributed by atoms with Crippen LogP contribution in [0.15, 0.2) is 56.5 Å². The Morgan fingerprint density at radius 3 is 2.27 bits per heavy atom. The zero-order valence-electron chi connectivity index (χ0n) is 17.0. The Hall–Kier alpha value is -2.39. The van der Waals surface area contributed by atoms with E-state index in [1.165, 1.54) is 6.21 Å². The van der Waals surface area contributed by atoms with Crippen LogP contribution in [-0.2, 0) is 4.74 Å². The molecule has 0 spiro atoms. The van der Waals surface area contributed by atoms with Crippen LogP contribution in [-0.4, -0.2) is 39.8 Å². The van der Waals surface area contributed by atoms with Gasteiger partial charge in [-0.25, -0.2) is 10.3 Å².